The van der Waals surface area contributed by atoms with Crippen LogP contribution in [0.1, 0.15) is 59.5 Å². The zero-order chi connectivity index (χ0) is 29.9. The van der Waals surface area contributed by atoms with E-state index in [-0.39, 0.29) is 52.5 Å². The molecule has 11 heteroatoms. The van der Waals surface area contributed by atoms with E-state index in [2.05, 4.69) is 31.3 Å². The van der Waals surface area contributed by atoms with E-state index < -0.39 is 46.9 Å². The summed E-state index contributed by atoms with van der Waals surface area (Å²) in [4.78, 5) is 42.9. The summed E-state index contributed by atoms with van der Waals surface area (Å²) >= 11 is 0. The third kappa shape index (κ3) is 7.09. The van der Waals surface area contributed by atoms with Crippen LogP contribution in [0, 0.1) is 31.0 Å². The van der Waals surface area contributed by atoms with E-state index in [1.165, 1.54) is 0 Å². The zero-order valence-corrected chi connectivity index (χ0v) is 25.7. The standard InChI is InChI=1S/C31H35F4N3O3.Nb/c1-4-20(5-2)27(36-28(40)23-17-22(31(33,34)35)11-12-25(23)32)29(41)38-15-13-30(14-16-38)18-26(39)37(3)19-24(30)21-9-7-6-8-10-21;/h6-12,17,20,24,27H,1-2,4-5,13-16,18-19H2,3H3,(H,36,40);/q-2;+2/t24?,27-;/m1./s1. The van der Waals surface area contributed by atoms with Crippen molar-refractivity contribution >= 4 is 17.7 Å². The number of nitrogens with zero attached hydrogens (tertiary/aromatic N) is 2. The number of carbonyl (C=O) groups excluding carboxylic acids is 3. The number of halogens is 4. The predicted molar refractivity (Wildman–Crippen MR) is 146 cm³/mol. The molecular formula is C31H35F4N3NbO3. The normalized spacial score (nSPS) is 19.4. The van der Waals surface area contributed by atoms with Crippen molar-refractivity contribution < 1.29 is 54.3 Å². The van der Waals surface area contributed by atoms with Gasteiger partial charge in [-0.3, -0.25) is 14.4 Å². The summed E-state index contributed by atoms with van der Waals surface area (Å²) in [6.45, 7) is 8.95. The molecule has 0 aromatic heterocycles. The SMILES string of the molecule is [CH2-]CC(C[CH2-])[C@@H](NC(=O)c1cc(C(F)(F)F)ccc1F)C(=O)N1CCC2(CC1)CC(=O)N(C)CC2c1ccccc1.[Nb+2]. The van der Waals surface area contributed by atoms with Gasteiger partial charge in [0.1, 0.15) is 11.9 Å². The number of carbonyl (C=O) groups is 3. The van der Waals surface area contributed by atoms with E-state index in [1.54, 1.807) is 16.8 Å². The first-order valence-electron chi connectivity index (χ1n) is 13.7. The fourth-order valence-corrected chi connectivity index (χ4v) is 6.12. The molecule has 6 nitrogen and oxygen atoms in total. The summed E-state index contributed by atoms with van der Waals surface area (Å²) in [5.74, 6) is -3.03. The summed E-state index contributed by atoms with van der Waals surface area (Å²) in [6.07, 6.45) is -2.82. The number of likely N-dealkylation sites (N-methyl/N-ethyl adjacent to an activating group) is 1. The number of nitrogens with one attached hydrogen (secondary N) is 1. The number of hydrogen-bond donors (Lipinski definition) is 1. The number of amides is 3. The van der Waals surface area contributed by atoms with Crippen molar-refractivity contribution in [2.24, 2.45) is 11.3 Å². The Labute approximate surface area is 259 Å². The minimum absolute atomic E-state index is 0. The Bertz CT molecular complexity index is 1260. The van der Waals surface area contributed by atoms with Crippen molar-refractivity contribution in [3.05, 3.63) is 84.9 Å². The number of piperidine rings is 2. The van der Waals surface area contributed by atoms with Gasteiger partial charge in [-0.2, -0.15) is 26.0 Å². The molecule has 1 unspecified atom stereocenters. The number of alkyl halides is 3. The molecule has 2 aromatic carbocycles. The summed E-state index contributed by atoms with van der Waals surface area (Å²) in [6, 6.07) is 10.4. The Kier molecular flexibility index (Phi) is 11.1. The maximum Gasteiger partial charge on any atom is 2.00 e. The Hall–Kier alpha value is -2.69. The van der Waals surface area contributed by atoms with Gasteiger partial charge in [-0.05, 0) is 42.0 Å². The van der Waals surface area contributed by atoms with Gasteiger partial charge >= 0.3 is 28.6 Å². The van der Waals surface area contributed by atoms with Gasteiger partial charge < -0.3 is 29.0 Å². The van der Waals surface area contributed by atoms with Crippen LogP contribution < -0.4 is 5.32 Å². The van der Waals surface area contributed by atoms with E-state index in [9.17, 15) is 31.9 Å². The number of benzene rings is 2. The first-order valence-corrected chi connectivity index (χ1v) is 13.7. The van der Waals surface area contributed by atoms with Gasteiger partial charge in [0.25, 0.3) is 5.91 Å². The Morgan fingerprint density at radius 1 is 1.07 bits per heavy atom. The van der Waals surface area contributed by atoms with Gasteiger partial charge in [-0.1, -0.05) is 36.2 Å². The maximum absolute atomic E-state index is 14.4. The second-order valence-electron chi connectivity index (χ2n) is 11.1. The molecule has 1 radical (unpaired) electrons. The topological polar surface area (TPSA) is 69.7 Å². The average Bonchev–Trinajstić information content (AvgIpc) is 2.95. The number of likely N-dealkylation sites (tertiary alicyclic amines) is 2. The molecule has 42 heavy (non-hydrogen) atoms. The van der Waals surface area contributed by atoms with Crippen LogP contribution in [0.15, 0.2) is 48.5 Å². The quantitative estimate of drug-likeness (QED) is 0.249. The minimum atomic E-state index is -4.77. The monoisotopic (exact) mass is 666 g/mol. The minimum Gasteiger partial charge on any atom is -0.345 e. The van der Waals surface area contributed by atoms with Crippen LogP contribution >= 0.6 is 0 Å². The van der Waals surface area contributed by atoms with Crippen LogP contribution in [-0.2, 0) is 38.1 Å². The van der Waals surface area contributed by atoms with Crippen LogP contribution in [0.4, 0.5) is 17.6 Å². The predicted octanol–water partition coefficient (Wildman–Crippen LogP) is 5.26. The second-order valence-corrected chi connectivity index (χ2v) is 11.1. The number of rotatable bonds is 7. The molecule has 0 saturated carbocycles. The fraction of sp³-hybridized carbons (Fsp3) is 0.452. The molecule has 2 aliphatic rings. The van der Waals surface area contributed by atoms with Crippen molar-refractivity contribution in [1.29, 1.82) is 0 Å². The summed E-state index contributed by atoms with van der Waals surface area (Å²) in [5.41, 5.74) is -1.16. The second kappa shape index (κ2) is 13.7. The zero-order valence-electron chi connectivity index (χ0n) is 23.5. The average molecular weight is 667 g/mol. The fourth-order valence-electron chi connectivity index (χ4n) is 6.12. The molecule has 0 aliphatic carbocycles. The molecule has 2 atom stereocenters. The Balaban J connectivity index is 0.00000484. The molecule has 0 bridgehead atoms. The van der Waals surface area contributed by atoms with Crippen molar-refractivity contribution in [3.8, 4) is 0 Å². The van der Waals surface area contributed by atoms with Gasteiger partial charge in [-0.25, -0.2) is 4.39 Å². The van der Waals surface area contributed by atoms with Gasteiger partial charge in [0.05, 0.1) is 11.1 Å². The van der Waals surface area contributed by atoms with E-state index >= 15 is 0 Å². The van der Waals surface area contributed by atoms with Crippen molar-refractivity contribution in [3.63, 3.8) is 0 Å². The largest absolute Gasteiger partial charge is 2.00 e. The van der Waals surface area contributed by atoms with Crippen molar-refractivity contribution in [1.82, 2.24) is 15.1 Å². The molecule has 2 aromatic rings. The molecular weight excluding hydrogens is 631 g/mol. The van der Waals surface area contributed by atoms with Gasteiger partial charge in [0, 0.05) is 39.0 Å². The molecule has 1 N–H and O–H groups in total. The van der Waals surface area contributed by atoms with Crippen LogP contribution in [0.3, 0.4) is 0 Å². The number of hydrogen-bond acceptors (Lipinski definition) is 3. The molecule has 2 aliphatic heterocycles. The molecule has 4 rings (SSSR count). The maximum atomic E-state index is 14.4. The third-order valence-corrected chi connectivity index (χ3v) is 8.70. The summed E-state index contributed by atoms with van der Waals surface area (Å²) in [5, 5.41) is 2.49. The molecule has 1 spiro atoms. The van der Waals surface area contributed by atoms with Crippen LogP contribution in [0.25, 0.3) is 0 Å². The Morgan fingerprint density at radius 3 is 2.26 bits per heavy atom. The molecule has 225 valence electrons. The van der Waals surface area contributed by atoms with Gasteiger partial charge in [0.2, 0.25) is 11.8 Å². The van der Waals surface area contributed by atoms with E-state index in [0.29, 0.717) is 57.1 Å². The first-order chi connectivity index (χ1) is 19.4. The van der Waals surface area contributed by atoms with Gasteiger partial charge in [-0.15, -0.1) is 0 Å². The molecule has 2 heterocycles. The van der Waals surface area contributed by atoms with Crippen LogP contribution in [-0.4, -0.2) is 60.2 Å². The van der Waals surface area contributed by atoms with E-state index in [4.69, 9.17) is 0 Å². The van der Waals surface area contributed by atoms with E-state index in [0.717, 1.165) is 5.56 Å². The molecule has 2 saturated heterocycles. The van der Waals surface area contributed by atoms with Crippen molar-refractivity contribution in [2.75, 3.05) is 26.7 Å². The summed E-state index contributed by atoms with van der Waals surface area (Å²) in [7, 11) is 1.79. The van der Waals surface area contributed by atoms with Crippen LogP contribution in [0.5, 0.6) is 0 Å². The molecule has 3 amide bonds. The van der Waals surface area contributed by atoms with Crippen molar-refractivity contribution in [2.45, 2.75) is 50.2 Å². The summed E-state index contributed by atoms with van der Waals surface area (Å²) < 4.78 is 54.1. The van der Waals surface area contributed by atoms with Gasteiger partial charge in [0.15, 0.2) is 0 Å². The third-order valence-electron chi connectivity index (χ3n) is 8.70. The smallest absolute Gasteiger partial charge is 0.345 e. The van der Waals surface area contributed by atoms with Crippen LogP contribution in [0.2, 0.25) is 0 Å². The molecule has 2 fully saturated rings. The van der Waals surface area contributed by atoms with E-state index in [1.807, 2.05) is 18.2 Å². The first kappa shape index (κ1) is 33.8. The Morgan fingerprint density at radius 2 is 1.69 bits per heavy atom.